The van der Waals surface area contributed by atoms with E-state index >= 15 is 0 Å². The van der Waals surface area contributed by atoms with E-state index in [2.05, 4.69) is 12.1 Å². The van der Waals surface area contributed by atoms with Gasteiger partial charge in [0, 0.05) is 5.56 Å². The van der Waals surface area contributed by atoms with Gasteiger partial charge < -0.3 is 15.2 Å². The monoisotopic (exact) mass is 275 g/mol. The molecule has 3 rings (SSSR count). The van der Waals surface area contributed by atoms with Crippen molar-refractivity contribution in [3.8, 4) is 11.5 Å². The first-order valence-electron chi connectivity index (χ1n) is 7.68. The van der Waals surface area contributed by atoms with Gasteiger partial charge in [-0.3, -0.25) is 0 Å². The number of hydrogen-bond donors (Lipinski definition) is 1. The molecule has 2 bridgehead atoms. The lowest BCUT2D eigenvalue weighted by atomic mass is 9.76. The van der Waals surface area contributed by atoms with E-state index in [-0.39, 0.29) is 0 Å². The highest BCUT2D eigenvalue weighted by Crippen LogP contribution is 2.58. The third-order valence-corrected chi connectivity index (χ3v) is 5.31. The fraction of sp³-hybridized carbons (Fsp3) is 0.647. The van der Waals surface area contributed by atoms with Crippen molar-refractivity contribution in [2.75, 3.05) is 20.8 Å². The fourth-order valence-electron chi connectivity index (χ4n) is 4.32. The molecule has 0 heterocycles. The molecule has 2 N–H and O–H groups in total. The number of ether oxygens (including phenoxy) is 2. The second kappa shape index (κ2) is 5.28. The maximum atomic E-state index is 5.78. The van der Waals surface area contributed by atoms with E-state index in [9.17, 15) is 0 Å². The quantitative estimate of drug-likeness (QED) is 0.898. The molecule has 3 nitrogen and oxygen atoms in total. The lowest BCUT2D eigenvalue weighted by Gasteiger charge is -2.30. The van der Waals surface area contributed by atoms with Crippen molar-refractivity contribution in [1.29, 1.82) is 0 Å². The molecule has 2 aliphatic carbocycles. The van der Waals surface area contributed by atoms with E-state index < -0.39 is 0 Å². The Morgan fingerprint density at radius 1 is 1.20 bits per heavy atom. The van der Waals surface area contributed by atoms with Gasteiger partial charge in [-0.25, -0.2) is 0 Å². The predicted molar refractivity (Wildman–Crippen MR) is 80.6 cm³/mol. The summed E-state index contributed by atoms with van der Waals surface area (Å²) in [5, 5.41) is 0. The minimum atomic E-state index is 0.327. The average molecular weight is 275 g/mol. The van der Waals surface area contributed by atoms with Crippen LogP contribution in [-0.4, -0.2) is 20.8 Å². The van der Waals surface area contributed by atoms with Gasteiger partial charge >= 0.3 is 0 Å². The molecular weight excluding hydrogens is 250 g/mol. The Morgan fingerprint density at radius 2 is 1.95 bits per heavy atom. The zero-order valence-corrected chi connectivity index (χ0v) is 12.6. The van der Waals surface area contributed by atoms with Crippen LogP contribution in [0.25, 0.3) is 0 Å². The van der Waals surface area contributed by atoms with Crippen molar-refractivity contribution in [1.82, 2.24) is 0 Å². The average Bonchev–Trinajstić information content (AvgIpc) is 3.08. The van der Waals surface area contributed by atoms with Gasteiger partial charge in [0.15, 0.2) is 0 Å². The number of fused-ring (bicyclic) bond motifs is 2. The van der Waals surface area contributed by atoms with Crippen molar-refractivity contribution in [2.24, 2.45) is 11.7 Å². The molecule has 0 spiro atoms. The first-order chi connectivity index (χ1) is 9.72. The van der Waals surface area contributed by atoms with E-state index in [4.69, 9.17) is 15.2 Å². The number of nitrogens with two attached hydrogens (primary N) is 1. The van der Waals surface area contributed by atoms with Gasteiger partial charge in [0.05, 0.1) is 14.2 Å². The Hall–Kier alpha value is -1.22. The molecule has 2 aliphatic rings. The Balaban J connectivity index is 2.10. The van der Waals surface area contributed by atoms with Crippen molar-refractivity contribution < 1.29 is 9.47 Å². The third-order valence-electron chi connectivity index (χ3n) is 5.31. The van der Waals surface area contributed by atoms with Crippen LogP contribution in [0.3, 0.4) is 0 Å². The van der Waals surface area contributed by atoms with E-state index in [0.29, 0.717) is 12.0 Å². The van der Waals surface area contributed by atoms with Gasteiger partial charge in [-0.05, 0) is 74.1 Å². The molecule has 0 atom stereocenters. The molecule has 3 heteroatoms. The number of benzene rings is 1. The fourth-order valence-corrected chi connectivity index (χ4v) is 4.32. The van der Waals surface area contributed by atoms with Crippen molar-refractivity contribution >= 4 is 0 Å². The summed E-state index contributed by atoms with van der Waals surface area (Å²) in [6.45, 7) is 0.637. The zero-order chi connectivity index (χ0) is 14.2. The lowest BCUT2D eigenvalue weighted by molar-refractivity contribution is 0.359. The molecular formula is C17H25NO2. The van der Waals surface area contributed by atoms with Gasteiger partial charge in [0.1, 0.15) is 11.5 Å². The van der Waals surface area contributed by atoms with Crippen LogP contribution in [0.1, 0.15) is 43.2 Å². The lowest BCUT2D eigenvalue weighted by Crippen LogP contribution is -2.21. The maximum Gasteiger partial charge on any atom is 0.126 e. The Labute approximate surface area is 121 Å². The summed E-state index contributed by atoms with van der Waals surface area (Å²) in [7, 11) is 3.52. The summed E-state index contributed by atoms with van der Waals surface area (Å²) in [6, 6.07) is 4.28. The second-order valence-corrected chi connectivity index (χ2v) is 6.33. The molecule has 0 radical (unpaired) electrons. The van der Waals surface area contributed by atoms with Gasteiger partial charge in [0.2, 0.25) is 0 Å². The van der Waals surface area contributed by atoms with E-state index in [1.165, 1.54) is 43.2 Å². The molecule has 1 aromatic rings. The normalized spacial score (nSPS) is 27.9. The third kappa shape index (κ3) is 2.08. The molecule has 20 heavy (non-hydrogen) atoms. The molecule has 2 saturated carbocycles. The molecule has 0 aliphatic heterocycles. The van der Waals surface area contributed by atoms with Crippen LogP contribution in [0.5, 0.6) is 11.5 Å². The van der Waals surface area contributed by atoms with Gasteiger partial charge in [-0.2, -0.15) is 0 Å². The highest BCUT2D eigenvalue weighted by Gasteiger charge is 2.47. The van der Waals surface area contributed by atoms with Crippen LogP contribution in [0.2, 0.25) is 0 Å². The van der Waals surface area contributed by atoms with Crippen LogP contribution in [0.4, 0.5) is 0 Å². The highest BCUT2D eigenvalue weighted by atomic mass is 16.5. The largest absolute Gasteiger partial charge is 0.497 e. The van der Waals surface area contributed by atoms with E-state index in [1.807, 2.05) is 0 Å². The Morgan fingerprint density at radius 3 is 2.45 bits per heavy atom. The molecule has 2 fully saturated rings. The van der Waals surface area contributed by atoms with Crippen molar-refractivity contribution in [3.63, 3.8) is 0 Å². The van der Waals surface area contributed by atoms with Gasteiger partial charge in [-0.1, -0.05) is 0 Å². The topological polar surface area (TPSA) is 44.5 Å². The van der Waals surface area contributed by atoms with Gasteiger partial charge in [0.25, 0.3) is 0 Å². The maximum absolute atomic E-state index is 5.78. The van der Waals surface area contributed by atoms with Gasteiger partial charge in [-0.15, -0.1) is 0 Å². The number of rotatable bonds is 5. The van der Waals surface area contributed by atoms with Crippen molar-refractivity contribution in [2.45, 2.75) is 43.9 Å². The number of methoxy groups -OCH3 is 2. The molecule has 0 unspecified atom stereocenters. The Bertz CT molecular complexity index is 490. The summed E-state index contributed by atoms with van der Waals surface area (Å²) in [5.41, 5.74) is 8.64. The molecule has 1 aromatic carbocycles. The van der Waals surface area contributed by atoms with Crippen LogP contribution < -0.4 is 15.2 Å². The summed E-state index contributed by atoms with van der Waals surface area (Å²) < 4.78 is 11.3. The highest BCUT2D eigenvalue weighted by molar-refractivity contribution is 5.52. The van der Waals surface area contributed by atoms with Crippen LogP contribution >= 0.6 is 0 Å². The minimum Gasteiger partial charge on any atom is -0.497 e. The first-order valence-corrected chi connectivity index (χ1v) is 7.68. The van der Waals surface area contributed by atoms with Crippen molar-refractivity contribution in [3.05, 3.63) is 23.3 Å². The zero-order valence-electron chi connectivity index (χ0n) is 12.6. The molecule has 0 amide bonds. The summed E-state index contributed by atoms with van der Waals surface area (Å²) >= 11 is 0. The molecule has 0 aromatic heterocycles. The predicted octanol–water partition coefficient (Wildman–Crippen LogP) is 3.04. The first kappa shape index (κ1) is 13.7. The number of hydrogen-bond acceptors (Lipinski definition) is 3. The molecule has 110 valence electrons. The van der Waals surface area contributed by atoms with Crippen LogP contribution in [0.15, 0.2) is 12.1 Å². The van der Waals surface area contributed by atoms with E-state index in [1.54, 1.807) is 14.2 Å². The SMILES string of the molecule is COc1cc(CCN)c(OC)c(C23CCC(CC2)C3)c1. The standard InChI is InChI=1S/C17H25NO2/c1-19-14-9-13(5-8-18)16(20-2)15(10-14)17-6-3-12(11-17)4-7-17/h9-10,12H,3-8,11,18H2,1-2H3. The van der Waals surface area contributed by atoms with Crippen LogP contribution in [0, 0.1) is 5.92 Å². The smallest absolute Gasteiger partial charge is 0.126 e. The molecule has 0 saturated heterocycles. The summed E-state index contributed by atoms with van der Waals surface area (Å²) in [4.78, 5) is 0. The second-order valence-electron chi connectivity index (χ2n) is 6.33. The van der Waals surface area contributed by atoms with E-state index in [0.717, 1.165) is 23.8 Å². The minimum absolute atomic E-state index is 0.327. The summed E-state index contributed by atoms with van der Waals surface area (Å²) in [5.74, 6) is 2.91. The van der Waals surface area contributed by atoms with Crippen LogP contribution in [-0.2, 0) is 11.8 Å². The Kier molecular flexibility index (Phi) is 3.63. The summed E-state index contributed by atoms with van der Waals surface area (Å²) in [6.07, 6.45) is 7.48.